The lowest BCUT2D eigenvalue weighted by Crippen LogP contribution is -2.42. The van der Waals surface area contributed by atoms with E-state index in [0.29, 0.717) is 19.0 Å². The number of amides is 1. The first-order chi connectivity index (χ1) is 19.1. The second-order valence-corrected chi connectivity index (χ2v) is 12.2. The molecular weight excluding hydrogens is 568 g/mol. The fourth-order valence-corrected chi connectivity index (χ4v) is 5.35. The molecule has 1 fully saturated rings. The summed E-state index contributed by atoms with van der Waals surface area (Å²) in [4.78, 5) is 28.8. The number of ether oxygens (including phenoxy) is 1. The number of aryl methyl sites for hydroxylation is 2. The number of likely N-dealkylation sites (tertiary alicyclic amines) is 1. The second kappa shape index (κ2) is 11.4. The number of carbonyl (C=O) groups is 1. The Hall–Kier alpha value is -3.72. The van der Waals surface area contributed by atoms with E-state index in [4.69, 9.17) is 14.7 Å². The molecule has 8 nitrogen and oxygen atoms in total. The molecule has 0 radical (unpaired) electrons. The van der Waals surface area contributed by atoms with E-state index in [0.717, 1.165) is 45.6 Å². The number of aromatic nitrogens is 4. The number of nitrogens with zero attached hydrogens (tertiary/aromatic N) is 5. The van der Waals surface area contributed by atoms with Crippen molar-refractivity contribution in [1.29, 1.82) is 0 Å². The van der Waals surface area contributed by atoms with E-state index >= 15 is 0 Å². The predicted octanol–water partition coefficient (Wildman–Crippen LogP) is 7.70. The molecule has 0 unspecified atom stereocenters. The summed E-state index contributed by atoms with van der Waals surface area (Å²) >= 11 is 3.54. The molecule has 0 saturated carbocycles. The van der Waals surface area contributed by atoms with E-state index in [9.17, 15) is 4.79 Å². The monoisotopic (exact) mass is 602 g/mol. The van der Waals surface area contributed by atoms with Crippen molar-refractivity contribution in [2.45, 2.75) is 59.1 Å². The fraction of sp³-hybridized carbons (Fsp3) is 0.355. The molecule has 0 bridgehead atoms. The van der Waals surface area contributed by atoms with Crippen LogP contribution in [0.3, 0.4) is 0 Å². The molecule has 2 aromatic carbocycles. The molecule has 0 atom stereocenters. The van der Waals surface area contributed by atoms with Gasteiger partial charge in [-0.2, -0.15) is 0 Å². The molecule has 0 spiro atoms. The number of benzene rings is 2. The van der Waals surface area contributed by atoms with Gasteiger partial charge in [-0.15, -0.1) is 0 Å². The zero-order valence-electron chi connectivity index (χ0n) is 23.6. The Labute approximate surface area is 244 Å². The molecule has 208 valence electrons. The topological polar surface area (TPSA) is 85.2 Å². The third kappa shape index (κ3) is 6.53. The third-order valence-corrected chi connectivity index (χ3v) is 7.33. The van der Waals surface area contributed by atoms with Gasteiger partial charge in [0.15, 0.2) is 0 Å². The van der Waals surface area contributed by atoms with Gasteiger partial charge in [0.05, 0.1) is 23.4 Å². The van der Waals surface area contributed by atoms with Crippen LogP contribution in [0, 0.1) is 13.8 Å². The number of nitrogens with one attached hydrogen (secondary N) is 1. The van der Waals surface area contributed by atoms with Gasteiger partial charge in [0.2, 0.25) is 5.95 Å². The highest BCUT2D eigenvalue weighted by Crippen LogP contribution is 2.36. The average molecular weight is 604 g/mol. The summed E-state index contributed by atoms with van der Waals surface area (Å²) in [5.41, 5.74) is 6.37. The summed E-state index contributed by atoms with van der Waals surface area (Å²) < 4.78 is 8.82. The van der Waals surface area contributed by atoms with E-state index in [1.165, 1.54) is 11.1 Å². The van der Waals surface area contributed by atoms with Crippen LogP contribution in [0.15, 0.2) is 65.5 Å². The number of rotatable bonds is 5. The van der Waals surface area contributed by atoms with Crippen molar-refractivity contribution >= 4 is 33.7 Å². The summed E-state index contributed by atoms with van der Waals surface area (Å²) in [5.74, 6) is 0.525. The van der Waals surface area contributed by atoms with Crippen LogP contribution in [0.2, 0.25) is 0 Å². The maximum atomic E-state index is 12.6. The van der Waals surface area contributed by atoms with Crippen LogP contribution >= 0.6 is 15.9 Å². The van der Waals surface area contributed by atoms with Crippen molar-refractivity contribution in [3.8, 4) is 22.6 Å². The Morgan fingerprint density at radius 2 is 1.68 bits per heavy atom. The average Bonchev–Trinajstić information content (AvgIpc) is 3.33. The van der Waals surface area contributed by atoms with Crippen LogP contribution < -0.4 is 5.32 Å². The molecule has 1 aliphatic rings. The smallest absolute Gasteiger partial charge is 0.410 e. The molecular formula is C31H35BrN6O2. The molecule has 3 heterocycles. The summed E-state index contributed by atoms with van der Waals surface area (Å²) in [5, 5.41) is 3.37. The first kappa shape index (κ1) is 27.8. The Balaban J connectivity index is 1.47. The van der Waals surface area contributed by atoms with Crippen LogP contribution in [-0.2, 0) is 4.74 Å². The van der Waals surface area contributed by atoms with Gasteiger partial charge in [-0.05, 0) is 88.9 Å². The van der Waals surface area contributed by atoms with Crippen LogP contribution in [0.4, 0.5) is 16.4 Å². The lowest BCUT2D eigenvalue weighted by Gasteiger charge is -2.34. The van der Waals surface area contributed by atoms with Gasteiger partial charge in [-0.1, -0.05) is 34.1 Å². The molecule has 1 aliphatic heterocycles. The first-order valence-electron chi connectivity index (χ1n) is 13.6. The van der Waals surface area contributed by atoms with Gasteiger partial charge in [-0.3, -0.25) is 0 Å². The van der Waals surface area contributed by atoms with Crippen LogP contribution in [0.1, 0.15) is 50.8 Å². The van der Waals surface area contributed by atoms with Crippen molar-refractivity contribution in [2.75, 3.05) is 18.4 Å². The molecule has 5 rings (SSSR count). The zero-order valence-corrected chi connectivity index (χ0v) is 25.2. The SMILES string of the molecule is Cc1cc(C)cc(Nc2nccc(-c3c(-c4ccc(Br)cc4)ncn3C3CCN(C(=O)OC(C)(C)C)CC3)n2)c1. The number of piperidine rings is 1. The van der Waals surface area contributed by atoms with Crippen LogP contribution in [0.5, 0.6) is 0 Å². The van der Waals surface area contributed by atoms with Gasteiger partial charge in [-0.25, -0.2) is 19.7 Å². The third-order valence-electron chi connectivity index (χ3n) is 6.80. The van der Waals surface area contributed by atoms with Gasteiger partial charge in [0.1, 0.15) is 5.60 Å². The summed E-state index contributed by atoms with van der Waals surface area (Å²) in [6.45, 7) is 11.1. The lowest BCUT2D eigenvalue weighted by atomic mass is 10.0. The number of hydrogen-bond donors (Lipinski definition) is 1. The molecule has 40 heavy (non-hydrogen) atoms. The number of imidazole rings is 1. The quantitative estimate of drug-likeness (QED) is 0.252. The maximum Gasteiger partial charge on any atom is 0.410 e. The summed E-state index contributed by atoms with van der Waals surface area (Å²) in [7, 11) is 0. The number of halogens is 1. The first-order valence-corrected chi connectivity index (χ1v) is 14.3. The zero-order chi connectivity index (χ0) is 28.4. The molecule has 1 amide bonds. The molecule has 1 saturated heterocycles. The number of hydrogen-bond acceptors (Lipinski definition) is 6. The minimum Gasteiger partial charge on any atom is -0.444 e. The molecule has 4 aromatic rings. The van der Waals surface area contributed by atoms with Crippen molar-refractivity contribution in [3.05, 3.63) is 76.7 Å². The van der Waals surface area contributed by atoms with Gasteiger partial charge in [0, 0.05) is 41.1 Å². The van der Waals surface area contributed by atoms with E-state index in [2.05, 4.69) is 75.0 Å². The Morgan fingerprint density at radius 3 is 2.33 bits per heavy atom. The van der Waals surface area contributed by atoms with Gasteiger partial charge in [0.25, 0.3) is 0 Å². The minimum atomic E-state index is -0.513. The Bertz CT molecular complexity index is 1480. The predicted molar refractivity (Wildman–Crippen MR) is 162 cm³/mol. The van der Waals surface area contributed by atoms with Crippen molar-refractivity contribution < 1.29 is 9.53 Å². The lowest BCUT2D eigenvalue weighted by molar-refractivity contribution is 0.0189. The van der Waals surface area contributed by atoms with E-state index < -0.39 is 5.60 Å². The highest BCUT2D eigenvalue weighted by molar-refractivity contribution is 9.10. The second-order valence-electron chi connectivity index (χ2n) is 11.3. The normalized spacial score (nSPS) is 14.3. The van der Waals surface area contributed by atoms with E-state index in [1.807, 2.05) is 45.3 Å². The van der Waals surface area contributed by atoms with Crippen LogP contribution in [-0.4, -0.2) is 49.2 Å². The van der Waals surface area contributed by atoms with Crippen molar-refractivity contribution in [2.24, 2.45) is 0 Å². The minimum absolute atomic E-state index is 0.163. The maximum absolute atomic E-state index is 12.6. The molecule has 0 aliphatic carbocycles. The van der Waals surface area contributed by atoms with E-state index in [-0.39, 0.29) is 12.1 Å². The molecule has 9 heteroatoms. The standard InChI is InChI=1S/C31H35BrN6O2/c1-20-16-21(2)18-24(17-20)35-29-33-13-10-26(36-29)28-27(22-6-8-23(32)9-7-22)34-19-38(28)25-11-14-37(15-12-25)30(39)40-31(3,4)5/h6-10,13,16-19,25H,11-12,14-15H2,1-5H3,(H,33,35,36). The van der Waals surface area contributed by atoms with Crippen LogP contribution in [0.25, 0.3) is 22.6 Å². The number of anilines is 2. The largest absolute Gasteiger partial charge is 0.444 e. The van der Waals surface area contributed by atoms with Gasteiger partial charge >= 0.3 is 6.09 Å². The number of carbonyl (C=O) groups excluding carboxylic acids is 1. The van der Waals surface area contributed by atoms with E-state index in [1.54, 1.807) is 11.1 Å². The highest BCUT2D eigenvalue weighted by atomic mass is 79.9. The van der Waals surface area contributed by atoms with Crippen molar-refractivity contribution in [3.63, 3.8) is 0 Å². The highest BCUT2D eigenvalue weighted by Gasteiger charge is 2.30. The Morgan fingerprint density at radius 1 is 1.00 bits per heavy atom. The van der Waals surface area contributed by atoms with Gasteiger partial charge < -0.3 is 19.5 Å². The Kier molecular flexibility index (Phi) is 7.94. The fourth-order valence-electron chi connectivity index (χ4n) is 5.09. The molecule has 1 N–H and O–H groups in total. The van der Waals surface area contributed by atoms with Crippen molar-refractivity contribution in [1.82, 2.24) is 24.4 Å². The summed E-state index contributed by atoms with van der Waals surface area (Å²) in [6.07, 6.45) is 5.01. The summed E-state index contributed by atoms with van der Waals surface area (Å²) in [6, 6.07) is 16.5. The molecule has 2 aromatic heterocycles.